The van der Waals surface area contributed by atoms with Crippen LogP contribution in [0.4, 0.5) is 8.78 Å². The average molecular weight is 513 g/mol. The van der Waals surface area contributed by atoms with Crippen LogP contribution < -0.4 is 14.9 Å². The van der Waals surface area contributed by atoms with Gasteiger partial charge in [0.05, 0.1) is 18.2 Å². The van der Waals surface area contributed by atoms with E-state index in [2.05, 4.69) is 9.97 Å². The maximum atomic E-state index is 15.0. The van der Waals surface area contributed by atoms with E-state index in [1.54, 1.807) is 50.6 Å². The summed E-state index contributed by atoms with van der Waals surface area (Å²) in [5, 5.41) is 0.683. The number of methoxy groups -OCH3 is 1. The molecule has 2 heterocycles. The fraction of sp³-hybridized carbons (Fsp3) is 0.100. The minimum absolute atomic E-state index is 0.0173. The standard InChI is InChI=1S/C30H22F2N2O4/c1-17-29(19-4-6-20(31)7-5-19)30(36)23(16-34-17)26(35)14-18-3-10-28(24(32)13-18)38-27-11-12-33-25-15-21(37-2)8-9-22(25)27/h3-13,15-16H,14H2,1-2H3,(H,34,36). The molecule has 3 aromatic carbocycles. The number of nitrogens with one attached hydrogen (secondary N) is 1. The molecule has 0 spiro atoms. The van der Waals surface area contributed by atoms with E-state index in [1.807, 2.05) is 0 Å². The predicted octanol–water partition coefficient (Wildman–Crippen LogP) is 6.40. The second kappa shape index (κ2) is 10.3. The van der Waals surface area contributed by atoms with Crippen LogP contribution in [0.15, 0.2) is 83.9 Å². The molecule has 0 atom stereocenters. The van der Waals surface area contributed by atoms with Crippen LogP contribution >= 0.6 is 0 Å². The number of pyridine rings is 2. The Morgan fingerprint density at radius 2 is 1.76 bits per heavy atom. The van der Waals surface area contributed by atoms with Crippen molar-refractivity contribution < 1.29 is 23.0 Å². The second-order valence-corrected chi connectivity index (χ2v) is 8.70. The van der Waals surface area contributed by atoms with Gasteiger partial charge in [-0.1, -0.05) is 18.2 Å². The van der Waals surface area contributed by atoms with Gasteiger partial charge < -0.3 is 14.5 Å². The molecule has 0 fully saturated rings. The molecular weight excluding hydrogens is 490 g/mol. The molecule has 1 N–H and O–H groups in total. The smallest absolute Gasteiger partial charge is 0.200 e. The first-order valence-electron chi connectivity index (χ1n) is 11.7. The number of benzene rings is 3. The van der Waals surface area contributed by atoms with Gasteiger partial charge in [-0.15, -0.1) is 0 Å². The number of aryl methyl sites for hydroxylation is 1. The summed E-state index contributed by atoms with van der Waals surface area (Å²) in [6.45, 7) is 1.70. The SMILES string of the molecule is COc1ccc2c(Oc3ccc(CC(=O)c4c[nH]c(C)c(-c5ccc(F)cc5)c4=O)cc3F)ccnc2c1. The van der Waals surface area contributed by atoms with Gasteiger partial charge in [-0.25, -0.2) is 8.78 Å². The monoisotopic (exact) mass is 512 g/mol. The third-order valence-corrected chi connectivity index (χ3v) is 6.20. The Labute approximate surface area is 216 Å². The Hall–Kier alpha value is -4.85. The maximum absolute atomic E-state index is 15.0. The highest BCUT2D eigenvalue weighted by molar-refractivity contribution is 5.98. The fourth-order valence-corrected chi connectivity index (χ4v) is 4.25. The third-order valence-electron chi connectivity index (χ3n) is 6.20. The van der Waals surface area contributed by atoms with E-state index in [0.717, 1.165) is 0 Å². The van der Waals surface area contributed by atoms with Gasteiger partial charge in [-0.2, -0.15) is 0 Å². The lowest BCUT2D eigenvalue weighted by atomic mass is 9.98. The molecule has 0 radical (unpaired) electrons. The van der Waals surface area contributed by atoms with Crippen LogP contribution in [0.1, 0.15) is 21.6 Å². The van der Waals surface area contributed by atoms with Crippen molar-refractivity contribution >= 4 is 16.7 Å². The Balaban J connectivity index is 1.38. The van der Waals surface area contributed by atoms with E-state index in [1.165, 1.54) is 42.6 Å². The average Bonchev–Trinajstić information content (AvgIpc) is 2.91. The topological polar surface area (TPSA) is 81.3 Å². The molecule has 0 amide bonds. The Morgan fingerprint density at radius 1 is 0.974 bits per heavy atom. The molecule has 0 unspecified atom stereocenters. The number of halogens is 2. The molecule has 5 aromatic rings. The maximum Gasteiger partial charge on any atom is 0.200 e. The lowest BCUT2D eigenvalue weighted by molar-refractivity contribution is 0.0991. The number of H-pyrrole nitrogens is 1. The van der Waals surface area contributed by atoms with Crippen LogP contribution in [0.2, 0.25) is 0 Å². The molecule has 38 heavy (non-hydrogen) atoms. The van der Waals surface area contributed by atoms with Crippen molar-refractivity contribution in [1.82, 2.24) is 9.97 Å². The summed E-state index contributed by atoms with van der Waals surface area (Å²) in [4.78, 5) is 33.4. The van der Waals surface area contributed by atoms with Gasteiger partial charge in [0.15, 0.2) is 22.8 Å². The number of fused-ring (bicyclic) bond motifs is 1. The van der Waals surface area contributed by atoms with Gasteiger partial charge in [0.2, 0.25) is 0 Å². The van der Waals surface area contributed by atoms with E-state index in [4.69, 9.17) is 9.47 Å². The summed E-state index contributed by atoms with van der Waals surface area (Å²) in [6.07, 6.45) is 2.72. The fourth-order valence-electron chi connectivity index (χ4n) is 4.25. The number of ketones is 1. The van der Waals surface area contributed by atoms with Gasteiger partial charge in [-0.3, -0.25) is 14.6 Å². The van der Waals surface area contributed by atoms with Crippen molar-refractivity contribution in [1.29, 1.82) is 0 Å². The number of aromatic nitrogens is 2. The number of hydrogen-bond acceptors (Lipinski definition) is 5. The highest BCUT2D eigenvalue weighted by atomic mass is 19.1. The largest absolute Gasteiger partial charge is 0.497 e. The number of nitrogens with zero attached hydrogens (tertiary/aromatic N) is 1. The molecule has 0 aliphatic carbocycles. The van der Waals surface area contributed by atoms with E-state index in [-0.39, 0.29) is 23.3 Å². The van der Waals surface area contributed by atoms with E-state index < -0.39 is 22.8 Å². The van der Waals surface area contributed by atoms with Gasteiger partial charge in [0.25, 0.3) is 0 Å². The van der Waals surface area contributed by atoms with Crippen LogP contribution in [-0.2, 0) is 6.42 Å². The van der Waals surface area contributed by atoms with Crippen LogP contribution in [0.25, 0.3) is 22.0 Å². The van der Waals surface area contributed by atoms with Gasteiger partial charge >= 0.3 is 0 Å². The zero-order valence-corrected chi connectivity index (χ0v) is 20.5. The van der Waals surface area contributed by atoms with E-state index in [0.29, 0.717) is 39.2 Å². The van der Waals surface area contributed by atoms with Crippen LogP contribution in [-0.4, -0.2) is 22.9 Å². The normalized spacial score (nSPS) is 10.9. The summed E-state index contributed by atoms with van der Waals surface area (Å²) < 4.78 is 39.4. The number of hydrogen-bond donors (Lipinski definition) is 1. The first kappa shape index (κ1) is 24.8. The van der Waals surface area contributed by atoms with Gasteiger partial charge in [0, 0.05) is 41.5 Å². The lowest BCUT2D eigenvalue weighted by Crippen LogP contribution is -2.20. The minimum atomic E-state index is -0.654. The zero-order valence-electron chi connectivity index (χ0n) is 20.5. The molecular formula is C30H22F2N2O4. The summed E-state index contributed by atoms with van der Waals surface area (Å²) in [6, 6.07) is 16.6. The van der Waals surface area contributed by atoms with E-state index >= 15 is 0 Å². The Bertz CT molecular complexity index is 1730. The van der Waals surface area contributed by atoms with E-state index in [9.17, 15) is 18.4 Å². The van der Waals surface area contributed by atoms with Gasteiger partial charge in [0.1, 0.15) is 17.3 Å². The van der Waals surface area contributed by atoms with Crippen molar-refractivity contribution in [2.24, 2.45) is 0 Å². The van der Waals surface area contributed by atoms with Crippen LogP contribution in [0.3, 0.4) is 0 Å². The number of carbonyl (C=O) groups excluding carboxylic acids is 1. The Morgan fingerprint density at radius 3 is 2.50 bits per heavy atom. The molecule has 0 aliphatic rings. The second-order valence-electron chi connectivity index (χ2n) is 8.70. The molecule has 0 bridgehead atoms. The van der Waals surface area contributed by atoms with Crippen molar-refractivity contribution in [2.45, 2.75) is 13.3 Å². The molecule has 190 valence electrons. The summed E-state index contributed by atoms with van der Waals surface area (Å²) in [7, 11) is 1.56. The molecule has 2 aromatic heterocycles. The van der Waals surface area contributed by atoms with Crippen molar-refractivity contribution in [3.05, 3.63) is 118 Å². The lowest BCUT2D eigenvalue weighted by Gasteiger charge is -2.11. The number of aromatic amines is 1. The highest BCUT2D eigenvalue weighted by Crippen LogP contribution is 2.32. The predicted molar refractivity (Wildman–Crippen MR) is 140 cm³/mol. The van der Waals surface area contributed by atoms with Crippen molar-refractivity contribution in [3.8, 4) is 28.4 Å². The molecule has 0 saturated heterocycles. The first-order chi connectivity index (χ1) is 18.3. The molecule has 6 nitrogen and oxygen atoms in total. The van der Waals surface area contributed by atoms with Crippen molar-refractivity contribution in [3.63, 3.8) is 0 Å². The minimum Gasteiger partial charge on any atom is -0.497 e. The van der Waals surface area contributed by atoms with Crippen LogP contribution in [0.5, 0.6) is 17.2 Å². The summed E-state index contributed by atoms with van der Waals surface area (Å²) in [5.74, 6) is -0.520. The number of carbonyl (C=O) groups is 1. The molecule has 5 rings (SSSR count). The highest BCUT2D eigenvalue weighted by Gasteiger charge is 2.18. The zero-order chi connectivity index (χ0) is 26.8. The third kappa shape index (κ3) is 4.88. The Kier molecular flexibility index (Phi) is 6.70. The molecule has 8 heteroatoms. The quantitative estimate of drug-likeness (QED) is 0.255. The summed E-state index contributed by atoms with van der Waals surface area (Å²) >= 11 is 0. The number of ether oxygens (including phenoxy) is 2. The number of Topliss-reactive ketones (excluding diaryl/α,β-unsaturated/α-hetero) is 1. The van der Waals surface area contributed by atoms with Crippen LogP contribution in [0, 0.1) is 18.6 Å². The molecule has 0 aliphatic heterocycles. The first-order valence-corrected chi connectivity index (χ1v) is 11.7. The van der Waals surface area contributed by atoms with Crippen molar-refractivity contribution in [2.75, 3.05) is 7.11 Å². The molecule has 0 saturated carbocycles. The number of rotatable bonds is 7. The summed E-state index contributed by atoms with van der Waals surface area (Å²) in [5.41, 5.74) is 1.81. The van der Waals surface area contributed by atoms with Gasteiger partial charge in [-0.05, 0) is 60.5 Å².